The highest BCUT2D eigenvalue weighted by atomic mass is 127. The minimum absolute atomic E-state index is 0.0411. The van der Waals surface area contributed by atoms with Crippen LogP contribution in [-0.2, 0) is 0 Å². The molecule has 0 aliphatic rings. The van der Waals surface area contributed by atoms with Crippen molar-refractivity contribution in [1.82, 2.24) is 0 Å². The Kier molecular flexibility index (Phi) is 3.50. The first-order chi connectivity index (χ1) is 3.18. The molecule has 0 saturated heterocycles. The second-order valence-corrected chi connectivity index (χ2v) is 3.49. The van der Waals surface area contributed by atoms with Crippen LogP contribution in [0.15, 0.2) is 5.18 Å². The lowest BCUT2D eigenvalue weighted by molar-refractivity contribution is 0.747. The third kappa shape index (κ3) is 2.96. The van der Waals surface area contributed by atoms with Gasteiger partial charge in [0.25, 0.3) is 0 Å². The van der Waals surface area contributed by atoms with Gasteiger partial charge in [-0.05, 0) is 6.92 Å². The van der Waals surface area contributed by atoms with Gasteiger partial charge in [0.05, 0.1) is 0 Å². The van der Waals surface area contributed by atoms with E-state index in [1.54, 1.807) is 0 Å². The molecular weight excluding hydrogens is 205 g/mol. The third-order valence-corrected chi connectivity index (χ3v) is 1.87. The summed E-state index contributed by atoms with van der Waals surface area (Å²) in [6.07, 6.45) is 0. The molecule has 42 valence electrons. The van der Waals surface area contributed by atoms with Gasteiger partial charge < -0.3 is 0 Å². The van der Waals surface area contributed by atoms with Crippen LogP contribution in [0.5, 0.6) is 0 Å². The van der Waals surface area contributed by atoms with Crippen molar-refractivity contribution in [3.05, 3.63) is 4.91 Å². The molecule has 0 amide bonds. The maximum atomic E-state index is 9.69. The summed E-state index contributed by atoms with van der Waals surface area (Å²) in [5.74, 6) is 0. The van der Waals surface area contributed by atoms with Gasteiger partial charge in [-0.2, -0.15) is 4.91 Å². The van der Waals surface area contributed by atoms with Crippen LogP contribution in [0.4, 0.5) is 0 Å². The Hall–Kier alpha value is 0.330. The number of nitrogens with zero attached hydrogens (tertiary/aromatic N) is 1. The molecule has 2 atom stereocenters. The molecule has 0 bridgehead atoms. The fraction of sp³-hybridized carbons (Fsp3) is 1.00. The Bertz CT molecular complexity index is 64.7. The predicted octanol–water partition coefficient (Wildman–Crippen LogP) is 1.96. The Balaban J connectivity index is 3.33. The third-order valence-electron chi connectivity index (χ3n) is 0.831. The number of alkyl halides is 1. The molecule has 0 spiro atoms. The molecule has 2 nitrogen and oxygen atoms in total. The van der Waals surface area contributed by atoms with Gasteiger partial charge in [0, 0.05) is 3.92 Å². The molecule has 0 aliphatic heterocycles. The van der Waals surface area contributed by atoms with Gasteiger partial charge in [-0.3, -0.25) is 0 Å². The van der Waals surface area contributed by atoms with Crippen molar-refractivity contribution in [2.45, 2.75) is 23.8 Å². The van der Waals surface area contributed by atoms with Gasteiger partial charge >= 0.3 is 0 Å². The molecular formula is C4H8INO. The zero-order valence-electron chi connectivity index (χ0n) is 4.39. The lowest BCUT2D eigenvalue weighted by Crippen LogP contribution is -2.07. The van der Waals surface area contributed by atoms with Crippen LogP contribution in [0, 0.1) is 4.91 Å². The first-order valence-electron chi connectivity index (χ1n) is 2.15. The zero-order chi connectivity index (χ0) is 5.86. The number of rotatable bonds is 2. The SMILES string of the molecule is CC(I)C(C)N=O. The number of hydrogen-bond acceptors (Lipinski definition) is 2. The Morgan fingerprint density at radius 2 is 2.00 bits per heavy atom. The minimum atomic E-state index is -0.0411. The fourth-order valence-corrected chi connectivity index (χ4v) is 0.215. The number of halogens is 1. The van der Waals surface area contributed by atoms with Gasteiger partial charge in [-0.15, -0.1) is 0 Å². The first-order valence-corrected chi connectivity index (χ1v) is 3.39. The van der Waals surface area contributed by atoms with Crippen LogP contribution >= 0.6 is 22.6 Å². The lowest BCUT2D eigenvalue weighted by Gasteiger charge is -2.00. The highest BCUT2D eigenvalue weighted by Gasteiger charge is 2.05. The summed E-state index contributed by atoms with van der Waals surface area (Å²) < 4.78 is 0.357. The number of hydrogen-bond donors (Lipinski definition) is 0. The van der Waals surface area contributed by atoms with Crippen LogP contribution < -0.4 is 0 Å². The molecule has 0 aliphatic carbocycles. The molecule has 0 aromatic heterocycles. The fourth-order valence-electron chi connectivity index (χ4n) is 0.0839. The van der Waals surface area contributed by atoms with E-state index in [-0.39, 0.29) is 6.04 Å². The molecule has 0 N–H and O–H groups in total. The summed E-state index contributed by atoms with van der Waals surface area (Å²) in [4.78, 5) is 9.69. The highest BCUT2D eigenvalue weighted by Crippen LogP contribution is 2.06. The molecule has 0 aromatic rings. The van der Waals surface area contributed by atoms with E-state index in [9.17, 15) is 4.91 Å². The predicted molar refractivity (Wildman–Crippen MR) is 38.7 cm³/mol. The van der Waals surface area contributed by atoms with E-state index in [1.807, 2.05) is 13.8 Å². The average molecular weight is 213 g/mol. The quantitative estimate of drug-likeness (QED) is 0.391. The summed E-state index contributed by atoms with van der Waals surface area (Å²) in [7, 11) is 0. The van der Waals surface area contributed by atoms with E-state index in [4.69, 9.17) is 0 Å². The van der Waals surface area contributed by atoms with Crippen LogP contribution in [0.1, 0.15) is 13.8 Å². The molecule has 0 rings (SSSR count). The van der Waals surface area contributed by atoms with Crippen molar-refractivity contribution < 1.29 is 0 Å². The molecule has 0 saturated carbocycles. The van der Waals surface area contributed by atoms with Crippen LogP contribution in [-0.4, -0.2) is 9.97 Å². The lowest BCUT2D eigenvalue weighted by atomic mass is 10.3. The molecule has 0 fully saturated rings. The summed E-state index contributed by atoms with van der Waals surface area (Å²) in [6.45, 7) is 3.77. The van der Waals surface area contributed by atoms with E-state index in [0.29, 0.717) is 3.92 Å². The molecule has 0 aromatic carbocycles. The normalized spacial score (nSPS) is 18.1. The average Bonchev–Trinajstić information content (AvgIpc) is 1.65. The van der Waals surface area contributed by atoms with Crippen molar-refractivity contribution in [2.75, 3.05) is 0 Å². The van der Waals surface area contributed by atoms with Crippen molar-refractivity contribution >= 4 is 22.6 Å². The van der Waals surface area contributed by atoms with Crippen molar-refractivity contribution in [1.29, 1.82) is 0 Å². The highest BCUT2D eigenvalue weighted by molar-refractivity contribution is 14.1. The molecule has 7 heavy (non-hydrogen) atoms. The Morgan fingerprint density at radius 3 is 2.00 bits per heavy atom. The summed E-state index contributed by atoms with van der Waals surface area (Å²) >= 11 is 2.17. The minimum Gasteiger partial charge on any atom is -0.150 e. The summed E-state index contributed by atoms with van der Waals surface area (Å²) in [6, 6.07) is -0.0411. The second kappa shape index (κ2) is 3.35. The van der Waals surface area contributed by atoms with Gasteiger partial charge in [-0.1, -0.05) is 34.7 Å². The number of nitroso groups, excluding NO2 is 1. The van der Waals surface area contributed by atoms with Gasteiger partial charge in [0.1, 0.15) is 6.04 Å². The van der Waals surface area contributed by atoms with E-state index >= 15 is 0 Å². The first kappa shape index (κ1) is 7.33. The van der Waals surface area contributed by atoms with Crippen molar-refractivity contribution in [2.24, 2.45) is 5.18 Å². The maximum absolute atomic E-state index is 9.69. The Labute approximate surface area is 56.8 Å². The van der Waals surface area contributed by atoms with E-state index in [1.165, 1.54) is 0 Å². The van der Waals surface area contributed by atoms with E-state index in [0.717, 1.165) is 0 Å². The molecule has 2 unspecified atom stereocenters. The summed E-state index contributed by atoms with van der Waals surface area (Å²) in [5, 5.41) is 2.83. The van der Waals surface area contributed by atoms with E-state index < -0.39 is 0 Å². The van der Waals surface area contributed by atoms with Crippen LogP contribution in [0.3, 0.4) is 0 Å². The molecule has 3 heteroatoms. The van der Waals surface area contributed by atoms with Gasteiger partial charge in [0.2, 0.25) is 0 Å². The molecule has 0 heterocycles. The van der Waals surface area contributed by atoms with E-state index in [2.05, 4.69) is 27.8 Å². The van der Waals surface area contributed by atoms with Gasteiger partial charge in [0.15, 0.2) is 0 Å². The summed E-state index contributed by atoms with van der Waals surface area (Å²) in [5.41, 5.74) is 0. The zero-order valence-corrected chi connectivity index (χ0v) is 6.55. The standard InChI is InChI=1S/C4H8INO/c1-3(5)4(2)6-7/h3-4H,1-2H3. The van der Waals surface area contributed by atoms with Crippen LogP contribution in [0.25, 0.3) is 0 Å². The second-order valence-electron chi connectivity index (χ2n) is 1.52. The molecule has 0 radical (unpaired) electrons. The largest absolute Gasteiger partial charge is 0.150 e. The van der Waals surface area contributed by atoms with Gasteiger partial charge in [-0.25, -0.2) is 0 Å². The smallest absolute Gasteiger partial charge is 0.101 e. The maximum Gasteiger partial charge on any atom is 0.101 e. The van der Waals surface area contributed by atoms with Crippen molar-refractivity contribution in [3.63, 3.8) is 0 Å². The topological polar surface area (TPSA) is 29.4 Å². The van der Waals surface area contributed by atoms with Crippen LogP contribution in [0.2, 0.25) is 0 Å². The van der Waals surface area contributed by atoms with Crippen molar-refractivity contribution in [3.8, 4) is 0 Å². The Morgan fingerprint density at radius 1 is 1.57 bits per heavy atom. The monoisotopic (exact) mass is 213 g/mol.